The molecule has 1 amide bonds. The van der Waals surface area contributed by atoms with E-state index in [-0.39, 0.29) is 5.91 Å². The summed E-state index contributed by atoms with van der Waals surface area (Å²) in [6.07, 6.45) is 4.13. The third-order valence-corrected chi connectivity index (χ3v) is 3.61. The van der Waals surface area contributed by atoms with Crippen LogP contribution in [0.15, 0.2) is 0 Å². The molecule has 0 bridgehead atoms. The maximum absolute atomic E-state index is 12.5. The summed E-state index contributed by atoms with van der Waals surface area (Å²) >= 11 is 0. The monoisotopic (exact) mass is 252 g/mol. The van der Waals surface area contributed by atoms with Crippen molar-refractivity contribution in [3.05, 3.63) is 0 Å². The van der Waals surface area contributed by atoms with Gasteiger partial charge in [-0.25, -0.2) is 0 Å². The Morgan fingerprint density at radius 2 is 1.78 bits per heavy atom. The van der Waals surface area contributed by atoms with E-state index in [1.54, 1.807) is 4.90 Å². The fourth-order valence-corrected chi connectivity index (χ4v) is 2.40. The predicted octanol–water partition coefficient (Wildman–Crippen LogP) is 3.60. The van der Waals surface area contributed by atoms with Crippen LogP contribution in [0.2, 0.25) is 0 Å². The lowest BCUT2D eigenvalue weighted by Gasteiger charge is -2.31. The Balaban J connectivity index is 4.90. The van der Waals surface area contributed by atoms with Crippen molar-refractivity contribution in [1.29, 1.82) is 5.26 Å². The third kappa shape index (κ3) is 4.33. The van der Waals surface area contributed by atoms with Crippen molar-refractivity contribution >= 4 is 5.91 Å². The molecule has 0 rings (SSSR count). The van der Waals surface area contributed by atoms with Crippen LogP contribution < -0.4 is 0 Å². The van der Waals surface area contributed by atoms with Crippen molar-refractivity contribution in [1.82, 2.24) is 4.90 Å². The van der Waals surface area contributed by atoms with E-state index in [4.69, 9.17) is 0 Å². The van der Waals surface area contributed by atoms with Gasteiger partial charge in [-0.3, -0.25) is 4.79 Å². The Hall–Kier alpha value is -1.04. The molecule has 0 fully saturated rings. The molecule has 0 saturated carbocycles. The smallest absolute Gasteiger partial charge is 0.242 e. The Labute approximate surface area is 112 Å². The Morgan fingerprint density at radius 3 is 2.11 bits per heavy atom. The molecule has 0 aliphatic carbocycles. The highest BCUT2D eigenvalue weighted by Gasteiger charge is 2.39. The van der Waals surface area contributed by atoms with Gasteiger partial charge in [-0.1, -0.05) is 47.0 Å². The first-order chi connectivity index (χ1) is 8.47. The maximum Gasteiger partial charge on any atom is 0.242 e. The highest BCUT2D eigenvalue weighted by Crippen LogP contribution is 2.31. The second-order valence-corrected chi connectivity index (χ2v) is 5.39. The van der Waals surface area contributed by atoms with E-state index in [9.17, 15) is 10.1 Å². The molecule has 1 atom stereocenters. The highest BCUT2D eigenvalue weighted by molar-refractivity contribution is 5.85. The molecule has 104 valence electrons. The van der Waals surface area contributed by atoms with E-state index in [1.807, 2.05) is 20.9 Å². The van der Waals surface area contributed by atoms with Crippen molar-refractivity contribution in [3.8, 4) is 6.07 Å². The van der Waals surface area contributed by atoms with Crippen LogP contribution in [0.1, 0.15) is 59.8 Å². The predicted molar refractivity (Wildman–Crippen MR) is 75.0 cm³/mol. The van der Waals surface area contributed by atoms with Crippen LogP contribution in [0.5, 0.6) is 0 Å². The third-order valence-electron chi connectivity index (χ3n) is 3.61. The van der Waals surface area contributed by atoms with Crippen LogP contribution in [-0.4, -0.2) is 24.4 Å². The van der Waals surface area contributed by atoms with E-state index < -0.39 is 5.41 Å². The highest BCUT2D eigenvalue weighted by atomic mass is 16.2. The molecule has 0 radical (unpaired) electrons. The van der Waals surface area contributed by atoms with Crippen molar-refractivity contribution in [3.63, 3.8) is 0 Å². The summed E-state index contributed by atoms with van der Waals surface area (Å²) in [6, 6.07) is 2.30. The number of carbonyl (C=O) groups is 1. The molecule has 0 aromatic carbocycles. The molecule has 0 aliphatic rings. The fraction of sp³-hybridized carbons (Fsp3) is 0.867. The van der Waals surface area contributed by atoms with Crippen LogP contribution in [0, 0.1) is 22.7 Å². The van der Waals surface area contributed by atoms with E-state index >= 15 is 0 Å². The molecule has 0 N–H and O–H groups in total. The van der Waals surface area contributed by atoms with Crippen LogP contribution in [0.4, 0.5) is 0 Å². The first-order valence-corrected chi connectivity index (χ1v) is 7.14. The number of hydrogen-bond donors (Lipinski definition) is 0. The maximum atomic E-state index is 12.5. The number of amides is 1. The molecular weight excluding hydrogens is 224 g/mol. The molecule has 3 nitrogen and oxygen atoms in total. The van der Waals surface area contributed by atoms with Crippen LogP contribution in [0.25, 0.3) is 0 Å². The van der Waals surface area contributed by atoms with Gasteiger partial charge in [0.1, 0.15) is 5.41 Å². The molecule has 0 aromatic rings. The molecule has 0 aromatic heterocycles. The average Bonchev–Trinajstić information content (AvgIpc) is 2.37. The number of nitrogens with zero attached hydrogens (tertiary/aromatic N) is 2. The molecule has 0 saturated heterocycles. The van der Waals surface area contributed by atoms with Gasteiger partial charge in [0.25, 0.3) is 0 Å². The molecule has 3 heteroatoms. The van der Waals surface area contributed by atoms with Gasteiger partial charge in [0, 0.05) is 13.6 Å². The Bertz CT molecular complexity index is 287. The standard InChI is InChI=1S/C15H28N2O/c1-6-9-15(12-16,10-7-2)14(18)17(5)11-13(4)8-3/h13H,6-11H2,1-5H3. The summed E-state index contributed by atoms with van der Waals surface area (Å²) in [4.78, 5) is 14.3. The van der Waals surface area contributed by atoms with Crippen molar-refractivity contribution in [2.24, 2.45) is 11.3 Å². The van der Waals surface area contributed by atoms with E-state index in [2.05, 4.69) is 19.9 Å². The molecule has 18 heavy (non-hydrogen) atoms. The van der Waals surface area contributed by atoms with E-state index in [0.29, 0.717) is 18.8 Å². The molecule has 1 unspecified atom stereocenters. The molecular formula is C15H28N2O. The molecule has 0 aliphatic heterocycles. The van der Waals surface area contributed by atoms with Crippen molar-refractivity contribution in [2.75, 3.05) is 13.6 Å². The Morgan fingerprint density at radius 1 is 1.28 bits per heavy atom. The molecule has 0 spiro atoms. The minimum Gasteiger partial charge on any atom is -0.344 e. The van der Waals surface area contributed by atoms with Gasteiger partial charge in [-0.05, 0) is 18.8 Å². The fourth-order valence-electron chi connectivity index (χ4n) is 2.40. The van der Waals surface area contributed by atoms with E-state index in [0.717, 1.165) is 25.8 Å². The lowest BCUT2D eigenvalue weighted by Crippen LogP contribution is -2.43. The van der Waals surface area contributed by atoms with Gasteiger partial charge in [0.15, 0.2) is 0 Å². The summed E-state index contributed by atoms with van der Waals surface area (Å²) in [6.45, 7) is 9.07. The number of carbonyl (C=O) groups excluding carboxylic acids is 1. The first-order valence-electron chi connectivity index (χ1n) is 7.14. The summed E-state index contributed by atoms with van der Waals surface area (Å²) in [5.41, 5.74) is -0.800. The summed E-state index contributed by atoms with van der Waals surface area (Å²) in [7, 11) is 1.83. The zero-order valence-corrected chi connectivity index (χ0v) is 12.6. The summed E-state index contributed by atoms with van der Waals surface area (Å²) in [5.74, 6) is 0.493. The van der Waals surface area contributed by atoms with Crippen molar-refractivity contribution in [2.45, 2.75) is 59.8 Å². The number of nitriles is 1. The minimum absolute atomic E-state index is 0.00833. The SMILES string of the molecule is CCCC(C#N)(CCC)C(=O)N(C)CC(C)CC. The summed E-state index contributed by atoms with van der Waals surface area (Å²) in [5, 5.41) is 9.45. The first kappa shape index (κ1) is 17.0. The van der Waals surface area contributed by atoms with Crippen LogP contribution in [0.3, 0.4) is 0 Å². The van der Waals surface area contributed by atoms with Gasteiger partial charge >= 0.3 is 0 Å². The second kappa shape index (κ2) is 8.13. The van der Waals surface area contributed by atoms with E-state index in [1.165, 1.54) is 0 Å². The van der Waals surface area contributed by atoms with Crippen molar-refractivity contribution < 1.29 is 4.79 Å². The quantitative estimate of drug-likeness (QED) is 0.662. The van der Waals surface area contributed by atoms with Gasteiger partial charge in [0.2, 0.25) is 5.91 Å². The second-order valence-electron chi connectivity index (χ2n) is 5.39. The minimum atomic E-state index is -0.800. The average molecular weight is 252 g/mol. The lowest BCUT2D eigenvalue weighted by atomic mass is 9.79. The molecule has 0 heterocycles. The van der Waals surface area contributed by atoms with Gasteiger partial charge in [-0.2, -0.15) is 5.26 Å². The normalized spacial score (nSPS) is 12.9. The number of rotatable bonds is 8. The summed E-state index contributed by atoms with van der Waals surface area (Å²) < 4.78 is 0. The van der Waals surface area contributed by atoms with Crippen LogP contribution in [-0.2, 0) is 4.79 Å². The van der Waals surface area contributed by atoms with Gasteiger partial charge < -0.3 is 4.90 Å². The topological polar surface area (TPSA) is 44.1 Å². The lowest BCUT2D eigenvalue weighted by molar-refractivity contribution is -0.139. The van der Waals surface area contributed by atoms with Gasteiger partial charge in [0.05, 0.1) is 6.07 Å². The largest absolute Gasteiger partial charge is 0.344 e. The zero-order chi connectivity index (χ0) is 14.2. The van der Waals surface area contributed by atoms with Gasteiger partial charge in [-0.15, -0.1) is 0 Å². The Kier molecular flexibility index (Phi) is 7.66. The van der Waals surface area contributed by atoms with Crippen LogP contribution >= 0.6 is 0 Å². The zero-order valence-electron chi connectivity index (χ0n) is 12.6. The number of hydrogen-bond acceptors (Lipinski definition) is 2.